The van der Waals surface area contributed by atoms with Gasteiger partial charge >= 0.3 is 0 Å². The molecule has 4 rings (SSSR count). The lowest BCUT2D eigenvalue weighted by atomic mass is 10.1. The standard InChI is InChI=1S/C19H16ClN5O3/c1-11-2-8-14(9-3-11)25-18(27)16-17(19(25)28)24(23-22-16)10-15(26)21-13-6-4-12(20)5-7-13/h2-9,16-17H,10H2,1H3,(H,21,26)/t16-,17-/m0/s1. The zero-order valence-corrected chi connectivity index (χ0v) is 15.6. The maximum absolute atomic E-state index is 12.9. The van der Waals surface area contributed by atoms with Crippen molar-refractivity contribution < 1.29 is 14.4 Å². The summed E-state index contributed by atoms with van der Waals surface area (Å²) >= 11 is 5.83. The molecule has 2 aromatic carbocycles. The normalized spacial score (nSPS) is 20.6. The number of rotatable bonds is 4. The Morgan fingerprint density at radius 1 is 1.07 bits per heavy atom. The molecular formula is C19H16ClN5O3. The van der Waals surface area contributed by atoms with E-state index in [4.69, 9.17) is 11.6 Å². The van der Waals surface area contributed by atoms with Gasteiger partial charge in [-0.05, 0) is 43.3 Å². The summed E-state index contributed by atoms with van der Waals surface area (Å²) in [5.41, 5.74) is 2.07. The lowest BCUT2D eigenvalue weighted by Crippen LogP contribution is -2.43. The first-order valence-corrected chi connectivity index (χ1v) is 8.99. The summed E-state index contributed by atoms with van der Waals surface area (Å²) < 4.78 is 0. The average Bonchev–Trinajstić information content (AvgIpc) is 3.18. The maximum atomic E-state index is 12.9. The van der Waals surface area contributed by atoms with E-state index in [2.05, 4.69) is 15.7 Å². The minimum Gasteiger partial charge on any atom is -0.324 e. The molecule has 0 bridgehead atoms. The molecule has 1 fully saturated rings. The predicted molar refractivity (Wildman–Crippen MR) is 103 cm³/mol. The van der Waals surface area contributed by atoms with Crippen LogP contribution >= 0.6 is 11.6 Å². The van der Waals surface area contributed by atoms with Crippen LogP contribution in [0.15, 0.2) is 58.9 Å². The fraction of sp³-hybridized carbons (Fsp3) is 0.211. The summed E-state index contributed by atoms with van der Waals surface area (Å²) in [7, 11) is 0. The first-order chi connectivity index (χ1) is 13.4. The number of amides is 3. The van der Waals surface area contributed by atoms with E-state index >= 15 is 0 Å². The van der Waals surface area contributed by atoms with E-state index in [0.717, 1.165) is 10.5 Å². The zero-order valence-electron chi connectivity index (χ0n) is 14.9. The van der Waals surface area contributed by atoms with Crippen LogP contribution in [0.1, 0.15) is 5.56 Å². The van der Waals surface area contributed by atoms with E-state index in [0.29, 0.717) is 16.4 Å². The van der Waals surface area contributed by atoms with Crippen molar-refractivity contribution in [2.45, 2.75) is 19.0 Å². The number of carbonyl (C=O) groups excluding carboxylic acids is 3. The van der Waals surface area contributed by atoms with E-state index in [1.54, 1.807) is 36.4 Å². The summed E-state index contributed by atoms with van der Waals surface area (Å²) in [6, 6.07) is 11.9. The number of fused-ring (bicyclic) bond motifs is 1. The van der Waals surface area contributed by atoms with E-state index in [1.165, 1.54) is 5.01 Å². The lowest BCUT2D eigenvalue weighted by Gasteiger charge is -2.20. The van der Waals surface area contributed by atoms with Crippen molar-refractivity contribution in [3.8, 4) is 0 Å². The minimum atomic E-state index is -0.933. The topological polar surface area (TPSA) is 94.4 Å². The summed E-state index contributed by atoms with van der Waals surface area (Å²) in [4.78, 5) is 38.9. The van der Waals surface area contributed by atoms with Crippen LogP contribution in [-0.2, 0) is 14.4 Å². The Kier molecular flexibility index (Phi) is 4.56. The van der Waals surface area contributed by atoms with Crippen LogP contribution in [-0.4, -0.2) is 41.4 Å². The molecule has 2 aromatic rings. The molecule has 142 valence electrons. The van der Waals surface area contributed by atoms with Gasteiger partial charge in [-0.15, -0.1) is 0 Å². The quantitative estimate of drug-likeness (QED) is 0.802. The smallest absolute Gasteiger partial charge is 0.263 e. The lowest BCUT2D eigenvalue weighted by molar-refractivity contribution is -0.123. The largest absolute Gasteiger partial charge is 0.324 e. The number of hydrogen-bond donors (Lipinski definition) is 1. The van der Waals surface area contributed by atoms with Crippen LogP contribution in [0.4, 0.5) is 11.4 Å². The number of halogens is 1. The summed E-state index contributed by atoms with van der Waals surface area (Å²) in [5.74, 6) is -1.26. The van der Waals surface area contributed by atoms with Gasteiger partial charge in [0.25, 0.3) is 11.8 Å². The second-order valence-electron chi connectivity index (χ2n) is 6.59. The molecule has 0 saturated carbocycles. The van der Waals surface area contributed by atoms with Crippen LogP contribution in [0.2, 0.25) is 5.02 Å². The third-order valence-electron chi connectivity index (χ3n) is 4.58. The van der Waals surface area contributed by atoms with Gasteiger partial charge in [-0.2, -0.15) is 5.11 Å². The molecule has 8 nitrogen and oxygen atoms in total. The molecule has 1 N–H and O–H groups in total. The molecule has 28 heavy (non-hydrogen) atoms. The molecule has 1 saturated heterocycles. The van der Waals surface area contributed by atoms with Crippen LogP contribution in [0.25, 0.3) is 0 Å². The van der Waals surface area contributed by atoms with Gasteiger partial charge in [0.2, 0.25) is 5.91 Å². The Balaban J connectivity index is 1.48. The summed E-state index contributed by atoms with van der Waals surface area (Å²) in [6.45, 7) is 1.72. The van der Waals surface area contributed by atoms with E-state index < -0.39 is 23.9 Å². The molecule has 2 heterocycles. The van der Waals surface area contributed by atoms with Gasteiger partial charge in [0, 0.05) is 10.7 Å². The van der Waals surface area contributed by atoms with Gasteiger partial charge in [-0.3, -0.25) is 19.4 Å². The molecule has 2 aliphatic rings. The van der Waals surface area contributed by atoms with Crippen LogP contribution < -0.4 is 10.2 Å². The molecule has 2 atom stereocenters. The van der Waals surface area contributed by atoms with Gasteiger partial charge in [0.15, 0.2) is 12.1 Å². The maximum Gasteiger partial charge on any atom is 0.263 e. The summed E-state index contributed by atoms with van der Waals surface area (Å²) in [5, 5.41) is 12.3. The number of carbonyl (C=O) groups is 3. The van der Waals surface area contributed by atoms with E-state index in [9.17, 15) is 14.4 Å². The molecule has 0 radical (unpaired) electrons. The van der Waals surface area contributed by atoms with Gasteiger partial charge in [-0.25, -0.2) is 4.90 Å². The molecule has 9 heteroatoms. The van der Waals surface area contributed by atoms with Gasteiger partial charge in [0.05, 0.1) is 5.69 Å². The molecule has 0 aliphatic carbocycles. The second kappa shape index (κ2) is 7.05. The molecule has 0 aromatic heterocycles. The number of imide groups is 1. The monoisotopic (exact) mass is 397 g/mol. The minimum absolute atomic E-state index is 0.200. The Morgan fingerprint density at radius 3 is 2.43 bits per heavy atom. The van der Waals surface area contributed by atoms with Crippen molar-refractivity contribution in [3.63, 3.8) is 0 Å². The van der Waals surface area contributed by atoms with Crippen LogP contribution in [0.5, 0.6) is 0 Å². The van der Waals surface area contributed by atoms with Gasteiger partial charge in [0.1, 0.15) is 6.54 Å². The number of nitrogens with zero attached hydrogens (tertiary/aromatic N) is 4. The molecule has 0 spiro atoms. The zero-order chi connectivity index (χ0) is 19.8. The van der Waals surface area contributed by atoms with Gasteiger partial charge < -0.3 is 5.32 Å². The summed E-state index contributed by atoms with van der Waals surface area (Å²) in [6.07, 6.45) is 0. The third kappa shape index (κ3) is 3.22. The predicted octanol–water partition coefficient (Wildman–Crippen LogP) is 2.58. The fourth-order valence-electron chi connectivity index (χ4n) is 3.18. The second-order valence-corrected chi connectivity index (χ2v) is 7.03. The SMILES string of the molecule is Cc1ccc(N2C(=O)[C@H]3N=NN(CC(=O)Nc4ccc(Cl)cc4)[C@@H]3C2=O)cc1. The average molecular weight is 398 g/mol. The van der Waals surface area contributed by atoms with E-state index in [1.807, 2.05) is 19.1 Å². The van der Waals surface area contributed by atoms with Crippen molar-refractivity contribution in [1.29, 1.82) is 0 Å². The van der Waals surface area contributed by atoms with Crippen molar-refractivity contribution in [1.82, 2.24) is 5.01 Å². The highest BCUT2D eigenvalue weighted by atomic mass is 35.5. The molecule has 0 unspecified atom stereocenters. The van der Waals surface area contributed by atoms with Crippen molar-refractivity contribution in [2.24, 2.45) is 10.3 Å². The number of hydrogen-bond acceptors (Lipinski definition) is 6. The first kappa shape index (κ1) is 18.1. The number of nitrogens with one attached hydrogen (secondary N) is 1. The number of aryl methyl sites for hydroxylation is 1. The highest BCUT2D eigenvalue weighted by Gasteiger charge is 2.55. The van der Waals surface area contributed by atoms with Crippen LogP contribution in [0, 0.1) is 6.92 Å². The highest BCUT2D eigenvalue weighted by molar-refractivity contribution is 6.30. The first-order valence-electron chi connectivity index (χ1n) is 8.61. The molecule has 2 aliphatic heterocycles. The van der Waals surface area contributed by atoms with Crippen molar-refractivity contribution >= 4 is 40.7 Å². The van der Waals surface area contributed by atoms with Crippen LogP contribution in [0.3, 0.4) is 0 Å². The Bertz CT molecular complexity index is 974. The Morgan fingerprint density at radius 2 is 1.75 bits per heavy atom. The van der Waals surface area contributed by atoms with E-state index in [-0.39, 0.29) is 12.5 Å². The fourth-order valence-corrected chi connectivity index (χ4v) is 3.31. The number of anilines is 2. The third-order valence-corrected chi connectivity index (χ3v) is 4.84. The van der Waals surface area contributed by atoms with Gasteiger partial charge in [-0.1, -0.05) is 34.5 Å². The Hall–Kier alpha value is -3.26. The molecular weight excluding hydrogens is 382 g/mol. The molecule has 3 amide bonds. The Labute approximate surface area is 165 Å². The highest BCUT2D eigenvalue weighted by Crippen LogP contribution is 2.31. The van der Waals surface area contributed by atoms with Crippen molar-refractivity contribution in [3.05, 3.63) is 59.1 Å². The number of benzene rings is 2. The van der Waals surface area contributed by atoms with Crippen molar-refractivity contribution in [2.75, 3.05) is 16.8 Å².